The van der Waals surface area contributed by atoms with Crippen molar-refractivity contribution in [2.24, 2.45) is 0 Å². The molecule has 0 aliphatic carbocycles. The highest BCUT2D eigenvalue weighted by molar-refractivity contribution is 6.32. The smallest absolute Gasteiger partial charge is 0.146 e. The van der Waals surface area contributed by atoms with Crippen LogP contribution < -0.4 is 10.5 Å². The number of hydrogen-bond acceptors (Lipinski definition) is 2. The summed E-state index contributed by atoms with van der Waals surface area (Å²) in [6.07, 6.45) is 2.14. The van der Waals surface area contributed by atoms with Crippen molar-refractivity contribution in [1.29, 1.82) is 0 Å². The van der Waals surface area contributed by atoms with Crippen LogP contribution in [-0.2, 0) is 6.42 Å². The summed E-state index contributed by atoms with van der Waals surface area (Å²) < 4.78 is 5.71. The lowest BCUT2D eigenvalue weighted by atomic mass is 10.1. The van der Waals surface area contributed by atoms with Gasteiger partial charge in [0.2, 0.25) is 0 Å². The third-order valence-corrected chi connectivity index (χ3v) is 2.94. The molecule has 0 radical (unpaired) electrons. The molecule has 2 rings (SSSR count). The van der Waals surface area contributed by atoms with E-state index in [-0.39, 0.29) is 0 Å². The van der Waals surface area contributed by atoms with E-state index in [1.165, 1.54) is 5.56 Å². The first-order valence-corrected chi connectivity index (χ1v) is 6.38. The first-order chi connectivity index (χ1) is 8.69. The highest BCUT2D eigenvalue weighted by Gasteiger charge is 2.04. The van der Waals surface area contributed by atoms with Crippen molar-refractivity contribution in [2.45, 2.75) is 19.8 Å². The Hall–Kier alpha value is -1.67. The third-order valence-electron chi connectivity index (χ3n) is 2.64. The van der Waals surface area contributed by atoms with Crippen molar-refractivity contribution in [3.05, 3.63) is 53.1 Å². The van der Waals surface area contributed by atoms with Crippen LogP contribution in [0.3, 0.4) is 0 Å². The molecule has 0 amide bonds. The van der Waals surface area contributed by atoms with Crippen molar-refractivity contribution < 1.29 is 4.74 Å². The number of anilines is 1. The number of nitrogen functional groups attached to an aromatic ring is 1. The molecule has 94 valence electrons. The highest BCUT2D eigenvalue weighted by atomic mass is 35.5. The number of nitrogens with two attached hydrogens (primary N) is 1. The molecule has 0 spiro atoms. The minimum absolute atomic E-state index is 0.637. The standard InChI is InChI=1S/C15H16ClNO/c1-2-3-11-4-9-15(14(16)10-11)18-13-7-5-12(17)6-8-13/h4-10H,2-3,17H2,1H3. The van der Waals surface area contributed by atoms with Crippen LogP contribution in [0.1, 0.15) is 18.9 Å². The maximum Gasteiger partial charge on any atom is 0.146 e. The van der Waals surface area contributed by atoms with Crippen LogP contribution >= 0.6 is 11.6 Å². The molecule has 2 N–H and O–H groups in total. The molecule has 2 nitrogen and oxygen atoms in total. The zero-order chi connectivity index (χ0) is 13.0. The van der Waals surface area contributed by atoms with Gasteiger partial charge in [0.1, 0.15) is 11.5 Å². The van der Waals surface area contributed by atoms with E-state index in [9.17, 15) is 0 Å². The van der Waals surface area contributed by atoms with Crippen molar-refractivity contribution >= 4 is 17.3 Å². The molecule has 2 aromatic carbocycles. The van der Waals surface area contributed by atoms with Crippen molar-refractivity contribution in [2.75, 3.05) is 5.73 Å². The summed E-state index contributed by atoms with van der Waals surface area (Å²) in [6, 6.07) is 13.2. The Kier molecular flexibility index (Phi) is 4.11. The molecular weight excluding hydrogens is 246 g/mol. The number of rotatable bonds is 4. The lowest BCUT2D eigenvalue weighted by molar-refractivity contribution is 0.483. The summed E-state index contributed by atoms with van der Waals surface area (Å²) in [5, 5.41) is 0.637. The summed E-state index contributed by atoms with van der Waals surface area (Å²) in [4.78, 5) is 0. The maximum absolute atomic E-state index is 6.20. The fourth-order valence-electron chi connectivity index (χ4n) is 1.73. The fourth-order valence-corrected chi connectivity index (χ4v) is 1.98. The van der Waals surface area contributed by atoms with E-state index >= 15 is 0 Å². The minimum Gasteiger partial charge on any atom is -0.456 e. The quantitative estimate of drug-likeness (QED) is 0.812. The molecule has 0 fully saturated rings. The normalized spacial score (nSPS) is 10.3. The molecule has 0 aromatic heterocycles. The summed E-state index contributed by atoms with van der Waals surface area (Å²) in [5.41, 5.74) is 7.56. The van der Waals surface area contributed by atoms with E-state index in [1.54, 1.807) is 12.1 Å². The SMILES string of the molecule is CCCc1ccc(Oc2ccc(N)cc2)c(Cl)c1. The average Bonchev–Trinajstić information content (AvgIpc) is 2.36. The van der Waals surface area contributed by atoms with Crippen LogP contribution in [0.4, 0.5) is 5.69 Å². The Bertz CT molecular complexity index is 523. The molecule has 18 heavy (non-hydrogen) atoms. The lowest BCUT2D eigenvalue weighted by Crippen LogP contribution is -1.89. The predicted molar refractivity (Wildman–Crippen MR) is 76.4 cm³/mol. The largest absolute Gasteiger partial charge is 0.456 e. The predicted octanol–water partition coefficient (Wildman–Crippen LogP) is 4.67. The highest BCUT2D eigenvalue weighted by Crippen LogP contribution is 2.30. The minimum atomic E-state index is 0.637. The van der Waals surface area contributed by atoms with E-state index in [2.05, 4.69) is 6.92 Å². The van der Waals surface area contributed by atoms with Gasteiger partial charge in [-0.05, 0) is 48.4 Å². The molecule has 2 aromatic rings. The summed E-state index contributed by atoms with van der Waals surface area (Å²) in [5.74, 6) is 1.40. The topological polar surface area (TPSA) is 35.2 Å². The van der Waals surface area contributed by atoms with Gasteiger partial charge in [0.15, 0.2) is 0 Å². The molecule has 3 heteroatoms. The van der Waals surface area contributed by atoms with E-state index in [0.717, 1.165) is 18.6 Å². The molecule has 0 unspecified atom stereocenters. The van der Waals surface area contributed by atoms with Gasteiger partial charge >= 0.3 is 0 Å². The van der Waals surface area contributed by atoms with Gasteiger partial charge in [-0.3, -0.25) is 0 Å². The van der Waals surface area contributed by atoms with Gasteiger partial charge < -0.3 is 10.5 Å². The maximum atomic E-state index is 6.20. The Morgan fingerprint density at radius 1 is 1.11 bits per heavy atom. The van der Waals surface area contributed by atoms with Crippen molar-refractivity contribution in [3.63, 3.8) is 0 Å². The van der Waals surface area contributed by atoms with Crippen LogP contribution in [0.25, 0.3) is 0 Å². The number of ether oxygens (including phenoxy) is 1. The molecule has 0 saturated carbocycles. The zero-order valence-electron chi connectivity index (χ0n) is 10.3. The molecule has 0 aliphatic rings. The Morgan fingerprint density at radius 2 is 1.83 bits per heavy atom. The van der Waals surface area contributed by atoms with Gasteiger partial charge in [-0.25, -0.2) is 0 Å². The number of hydrogen-bond donors (Lipinski definition) is 1. The summed E-state index contributed by atoms with van der Waals surface area (Å²) in [6.45, 7) is 2.15. The van der Waals surface area contributed by atoms with Crippen LogP contribution in [0.15, 0.2) is 42.5 Å². The van der Waals surface area contributed by atoms with Crippen LogP contribution in [0.2, 0.25) is 5.02 Å². The van der Waals surface area contributed by atoms with Gasteiger partial charge in [-0.2, -0.15) is 0 Å². The second-order valence-corrected chi connectivity index (χ2v) is 4.59. The number of aryl methyl sites for hydroxylation is 1. The molecule has 0 heterocycles. The van der Waals surface area contributed by atoms with Gasteiger partial charge in [-0.15, -0.1) is 0 Å². The van der Waals surface area contributed by atoms with Gasteiger partial charge in [-0.1, -0.05) is 31.0 Å². The van der Waals surface area contributed by atoms with Crippen LogP contribution in [0, 0.1) is 0 Å². The Morgan fingerprint density at radius 3 is 2.44 bits per heavy atom. The van der Waals surface area contributed by atoms with Crippen LogP contribution in [0.5, 0.6) is 11.5 Å². The fraction of sp³-hybridized carbons (Fsp3) is 0.200. The molecule has 0 atom stereocenters. The van der Waals surface area contributed by atoms with E-state index < -0.39 is 0 Å². The van der Waals surface area contributed by atoms with Crippen molar-refractivity contribution in [1.82, 2.24) is 0 Å². The van der Waals surface area contributed by atoms with Gasteiger partial charge in [0.25, 0.3) is 0 Å². The summed E-state index contributed by atoms with van der Waals surface area (Å²) >= 11 is 6.20. The second-order valence-electron chi connectivity index (χ2n) is 4.19. The molecule has 0 aliphatic heterocycles. The summed E-state index contributed by atoms with van der Waals surface area (Å²) in [7, 11) is 0. The Balaban J connectivity index is 2.16. The van der Waals surface area contributed by atoms with Crippen molar-refractivity contribution in [3.8, 4) is 11.5 Å². The van der Waals surface area contributed by atoms with E-state index in [4.69, 9.17) is 22.1 Å². The molecule has 0 bridgehead atoms. The molecule has 0 saturated heterocycles. The van der Waals surface area contributed by atoms with Gasteiger partial charge in [0, 0.05) is 5.69 Å². The van der Waals surface area contributed by atoms with Gasteiger partial charge in [0.05, 0.1) is 5.02 Å². The zero-order valence-corrected chi connectivity index (χ0v) is 11.1. The average molecular weight is 262 g/mol. The van der Waals surface area contributed by atoms with E-state index in [0.29, 0.717) is 16.5 Å². The third kappa shape index (κ3) is 3.17. The first kappa shape index (κ1) is 12.8. The first-order valence-electron chi connectivity index (χ1n) is 6.01. The Labute approximate surface area is 112 Å². The van der Waals surface area contributed by atoms with Crippen LogP contribution in [-0.4, -0.2) is 0 Å². The van der Waals surface area contributed by atoms with E-state index in [1.807, 2.05) is 30.3 Å². The number of halogens is 1. The molecular formula is C15H16ClNO. The lowest BCUT2D eigenvalue weighted by Gasteiger charge is -2.09. The monoisotopic (exact) mass is 261 g/mol. The number of benzene rings is 2. The second kappa shape index (κ2) is 5.78.